The summed E-state index contributed by atoms with van der Waals surface area (Å²) in [5, 5.41) is 14.6. The largest absolute Gasteiger partial charge is 0.269 e. The van der Waals surface area contributed by atoms with Gasteiger partial charge in [0.1, 0.15) is 12.2 Å². The van der Waals surface area contributed by atoms with E-state index in [9.17, 15) is 10.1 Å². The van der Waals surface area contributed by atoms with Crippen LogP contribution < -0.4 is 0 Å². The van der Waals surface area contributed by atoms with E-state index in [0.29, 0.717) is 12.3 Å². The van der Waals surface area contributed by atoms with Gasteiger partial charge < -0.3 is 0 Å². The second-order valence-corrected chi connectivity index (χ2v) is 3.68. The number of aromatic nitrogens is 3. The van der Waals surface area contributed by atoms with Gasteiger partial charge in [0.05, 0.1) is 10.6 Å². The zero-order valence-corrected chi connectivity index (χ0v) is 9.54. The molecule has 0 atom stereocenters. The van der Waals surface area contributed by atoms with E-state index in [1.807, 2.05) is 0 Å². The molecule has 1 aromatic carbocycles. The Kier molecular flexibility index (Phi) is 3.34. The van der Waals surface area contributed by atoms with Crippen LogP contribution in [-0.2, 0) is 6.42 Å². The highest BCUT2D eigenvalue weighted by Gasteiger charge is 2.08. The fraction of sp³-hybridized carbons (Fsp3) is 0.200. The first-order chi connectivity index (χ1) is 8.22. The average Bonchev–Trinajstić information content (AvgIpc) is 2.78. The van der Waals surface area contributed by atoms with Gasteiger partial charge in [0.2, 0.25) is 0 Å². The summed E-state index contributed by atoms with van der Waals surface area (Å²) in [7, 11) is 0. The Hall–Kier alpha value is -1.95. The summed E-state index contributed by atoms with van der Waals surface area (Å²) in [6.07, 6.45) is 2.03. The summed E-state index contributed by atoms with van der Waals surface area (Å²) < 4.78 is 1.62. The van der Waals surface area contributed by atoms with E-state index in [2.05, 4.69) is 10.1 Å². The first kappa shape index (κ1) is 11.5. The van der Waals surface area contributed by atoms with Gasteiger partial charge >= 0.3 is 0 Å². The van der Waals surface area contributed by atoms with Crippen molar-refractivity contribution in [3.8, 4) is 5.69 Å². The minimum atomic E-state index is -0.440. The molecule has 0 saturated heterocycles. The number of hydrogen-bond acceptors (Lipinski definition) is 4. The lowest BCUT2D eigenvalue weighted by atomic mass is 10.3. The van der Waals surface area contributed by atoms with E-state index in [1.165, 1.54) is 18.5 Å². The molecule has 1 heterocycles. The van der Waals surface area contributed by atoms with Gasteiger partial charge in [-0.3, -0.25) is 10.1 Å². The van der Waals surface area contributed by atoms with Crippen LogP contribution in [0.1, 0.15) is 5.82 Å². The average molecular weight is 253 g/mol. The van der Waals surface area contributed by atoms with Crippen molar-refractivity contribution < 1.29 is 4.92 Å². The Balaban J connectivity index is 2.33. The fourth-order valence-electron chi connectivity index (χ4n) is 1.45. The number of nitrogens with zero attached hydrogens (tertiary/aromatic N) is 4. The molecular formula is C10H9ClN4O2. The molecule has 0 fully saturated rings. The van der Waals surface area contributed by atoms with Gasteiger partial charge in [-0.15, -0.1) is 11.6 Å². The van der Waals surface area contributed by atoms with Gasteiger partial charge in [0, 0.05) is 24.4 Å². The zero-order chi connectivity index (χ0) is 12.3. The van der Waals surface area contributed by atoms with Crippen LogP contribution in [-0.4, -0.2) is 25.6 Å². The molecule has 2 rings (SSSR count). The van der Waals surface area contributed by atoms with E-state index >= 15 is 0 Å². The lowest BCUT2D eigenvalue weighted by molar-refractivity contribution is -0.384. The molecule has 2 aromatic rings. The molecule has 1 aromatic heterocycles. The summed E-state index contributed by atoms with van der Waals surface area (Å²) in [5.41, 5.74) is 0.779. The van der Waals surface area contributed by atoms with Gasteiger partial charge in [0.15, 0.2) is 0 Å². The highest BCUT2D eigenvalue weighted by molar-refractivity contribution is 6.17. The van der Waals surface area contributed by atoms with Crippen molar-refractivity contribution in [2.24, 2.45) is 0 Å². The molecule has 0 amide bonds. The van der Waals surface area contributed by atoms with Crippen molar-refractivity contribution in [2.45, 2.75) is 6.42 Å². The number of nitro benzene ring substituents is 1. The van der Waals surface area contributed by atoms with Gasteiger partial charge in [-0.05, 0) is 12.1 Å². The maximum atomic E-state index is 10.5. The number of alkyl halides is 1. The van der Waals surface area contributed by atoms with Crippen molar-refractivity contribution in [2.75, 3.05) is 5.88 Å². The van der Waals surface area contributed by atoms with Crippen molar-refractivity contribution in [1.82, 2.24) is 14.8 Å². The van der Waals surface area contributed by atoms with E-state index < -0.39 is 4.92 Å². The monoisotopic (exact) mass is 252 g/mol. The van der Waals surface area contributed by atoms with Gasteiger partial charge in [0.25, 0.3) is 5.69 Å². The van der Waals surface area contributed by atoms with E-state index in [4.69, 9.17) is 11.6 Å². The molecule has 88 valence electrons. The standard InChI is InChI=1S/C10H9ClN4O2/c11-6-5-10-12-7-13-14(10)8-1-3-9(4-2-8)15(16)17/h1-4,7H,5-6H2. The van der Waals surface area contributed by atoms with Crippen LogP contribution >= 0.6 is 11.6 Å². The lowest BCUT2D eigenvalue weighted by Crippen LogP contribution is -2.03. The van der Waals surface area contributed by atoms with Crippen molar-refractivity contribution >= 4 is 17.3 Å². The maximum Gasteiger partial charge on any atom is 0.269 e. The molecule has 0 unspecified atom stereocenters. The zero-order valence-electron chi connectivity index (χ0n) is 8.78. The molecular weight excluding hydrogens is 244 g/mol. The Bertz CT molecular complexity index is 523. The summed E-state index contributed by atoms with van der Waals surface area (Å²) in [6.45, 7) is 0. The first-order valence-corrected chi connectivity index (χ1v) is 5.45. The highest BCUT2D eigenvalue weighted by Crippen LogP contribution is 2.15. The molecule has 0 spiro atoms. The van der Waals surface area contributed by atoms with E-state index in [-0.39, 0.29) is 5.69 Å². The number of non-ortho nitro benzene ring substituents is 1. The summed E-state index contributed by atoms with van der Waals surface area (Å²) in [6, 6.07) is 6.12. The van der Waals surface area contributed by atoms with Crippen LogP contribution in [0.25, 0.3) is 5.69 Å². The Labute approximate surface area is 102 Å². The summed E-state index contributed by atoms with van der Waals surface area (Å²) in [5.74, 6) is 1.18. The van der Waals surface area contributed by atoms with Crippen LogP contribution in [0.15, 0.2) is 30.6 Å². The second-order valence-electron chi connectivity index (χ2n) is 3.30. The van der Waals surface area contributed by atoms with Crippen molar-refractivity contribution in [3.63, 3.8) is 0 Å². The third-order valence-electron chi connectivity index (χ3n) is 2.24. The predicted octanol–water partition coefficient (Wildman–Crippen LogP) is 1.96. The van der Waals surface area contributed by atoms with Gasteiger partial charge in [-0.1, -0.05) is 0 Å². The summed E-state index contributed by atoms with van der Waals surface area (Å²) >= 11 is 5.65. The van der Waals surface area contributed by atoms with Crippen LogP contribution in [0.2, 0.25) is 0 Å². The highest BCUT2D eigenvalue weighted by atomic mass is 35.5. The number of halogens is 1. The van der Waals surface area contributed by atoms with E-state index in [1.54, 1.807) is 16.8 Å². The molecule has 17 heavy (non-hydrogen) atoms. The van der Waals surface area contributed by atoms with Crippen LogP contribution in [0.4, 0.5) is 5.69 Å². The number of nitro groups is 1. The molecule has 6 nitrogen and oxygen atoms in total. The Morgan fingerprint density at radius 3 is 2.65 bits per heavy atom. The quantitative estimate of drug-likeness (QED) is 0.474. The van der Waals surface area contributed by atoms with Gasteiger partial charge in [-0.25, -0.2) is 9.67 Å². The summed E-state index contributed by atoms with van der Waals surface area (Å²) in [4.78, 5) is 14.2. The fourth-order valence-corrected chi connectivity index (χ4v) is 1.62. The SMILES string of the molecule is O=[N+]([O-])c1ccc(-n2ncnc2CCCl)cc1. The second kappa shape index (κ2) is 4.92. The number of aryl methyl sites for hydroxylation is 1. The van der Waals surface area contributed by atoms with Crippen molar-refractivity contribution in [1.29, 1.82) is 0 Å². The van der Waals surface area contributed by atoms with Crippen LogP contribution in [0.5, 0.6) is 0 Å². The van der Waals surface area contributed by atoms with Crippen LogP contribution in [0, 0.1) is 10.1 Å². The van der Waals surface area contributed by atoms with Gasteiger partial charge in [-0.2, -0.15) is 5.10 Å². The molecule has 7 heteroatoms. The predicted molar refractivity (Wildman–Crippen MR) is 62.4 cm³/mol. The molecule has 0 aliphatic heterocycles. The smallest absolute Gasteiger partial charge is 0.258 e. The van der Waals surface area contributed by atoms with Crippen molar-refractivity contribution in [3.05, 3.63) is 46.5 Å². The number of hydrogen-bond donors (Lipinski definition) is 0. The first-order valence-electron chi connectivity index (χ1n) is 4.92. The number of rotatable bonds is 4. The molecule has 0 aliphatic rings. The third-order valence-corrected chi connectivity index (χ3v) is 2.43. The van der Waals surface area contributed by atoms with E-state index in [0.717, 1.165) is 11.5 Å². The molecule has 0 radical (unpaired) electrons. The normalized spacial score (nSPS) is 10.4. The molecule has 0 bridgehead atoms. The third kappa shape index (κ3) is 2.42. The Morgan fingerprint density at radius 2 is 2.06 bits per heavy atom. The maximum absolute atomic E-state index is 10.5. The molecule has 0 saturated carbocycles. The topological polar surface area (TPSA) is 73.8 Å². The minimum absolute atomic E-state index is 0.0489. The van der Waals surface area contributed by atoms with Crippen LogP contribution in [0.3, 0.4) is 0 Å². The molecule has 0 N–H and O–H groups in total. The Morgan fingerprint density at radius 1 is 1.35 bits per heavy atom. The molecule has 0 aliphatic carbocycles. The number of benzene rings is 1. The minimum Gasteiger partial charge on any atom is -0.258 e. The lowest BCUT2D eigenvalue weighted by Gasteiger charge is -2.04.